The van der Waals surface area contributed by atoms with E-state index in [9.17, 15) is 9.13 Å². The Bertz CT molecular complexity index is 58.7. The molecule has 0 aliphatic carbocycles. The van der Waals surface area contributed by atoms with Crippen LogP contribution in [0.3, 0.4) is 0 Å². The van der Waals surface area contributed by atoms with Gasteiger partial charge >= 0.3 is 0 Å². The van der Waals surface area contributed by atoms with Gasteiger partial charge in [-0.15, -0.1) is 0 Å². The molecule has 0 aliphatic heterocycles. The minimum atomic E-state index is 0.0502. The van der Waals surface area contributed by atoms with Gasteiger partial charge in [0.25, 0.3) is 0 Å². The van der Waals surface area contributed by atoms with E-state index in [1.807, 2.05) is 0 Å². The average molecular weight is 137 g/mol. The SMILES string of the molecule is O=PCNCP=O. The lowest BCUT2D eigenvalue weighted by Gasteiger charge is -1.83. The summed E-state index contributed by atoms with van der Waals surface area (Å²) in [6.07, 6.45) is 0.768. The van der Waals surface area contributed by atoms with Crippen molar-refractivity contribution >= 4 is 16.9 Å². The van der Waals surface area contributed by atoms with Crippen LogP contribution < -0.4 is 5.32 Å². The molecule has 0 aromatic heterocycles. The van der Waals surface area contributed by atoms with Crippen molar-refractivity contribution in [2.45, 2.75) is 0 Å². The Kier molecular flexibility index (Phi) is 6.30. The van der Waals surface area contributed by atoms with Crippen molar-refractivity contribution in [3.05, 3.63) is 0 Å². The van der Waals surface area contributed by atoms with E-state index >= 15 is 0 Å². The number of rotatable bonds is 4. The number of hydrogen-bond donors (Lipinski definition) is 1. The molecule has 40 valence electrons. The van der Waals surface area contributed by atoms with E-state index in [-0.39, 0.29) is 16.9 Å². The zero-order chi connectivity index (χ0) is 5.54. The van der Waals surface area contributed by atoms with Crippen molar-refractivity contribution in [1.82, 2.24) is 5.32 Å². The molecule has 5 heteroatoms. The van der Waals surface area contributed by atoms with Crippen LogP contribution >= 0.6 is 16.9 Å². The third-order valence-corrected chi connectivity index (χ3v) is 1.06. The van der Waals surface area contributed by atoms with Crippen LogP contribution in [0.2, 0.25) is 0 Å². The van der Waals surface area contributed by atoms with Crippen molar-refractivity contribution in [3.63, 3.8) is 0 Å². The summed E-state index contributed by atoms with van der Waals surface area (Å²) >= 11 is 0. The molecular weight excluding hydrogens is 132 g/mol. The highest BCUT2D eigenvalue weighted by Crippen LogP contribution is 1.88. The molecule has 0 heterocycles. The second kappa shape index (κ2) is 6.16. The Labute approximate surface area is 44.9 Å². The van der Waals surface area contributed by atoms with E-state index in [1.165, 1.54) is 0 Å². The van der Waals surface area contributed by atoms with Crippen LogP contribution in [0.25, 0.3) is 0 Å². The van der Waals surface area contributed by atoms with Gasteiger partial charge in [0.1, 0.15) is 0 Å². The lowest BCUT2D eigenvalue weighted by molar-refractivity contribution is 0.592. The minimum absolute atomic E-state index is 0.0502. The summed E-state index contributed by atoms with van der Waals surface area (Å²) < 4.78 is 19.2. The fourth-order valence-corrected chi connectivity index (χ4v) is 0.724. The van der Waals surface area contributed by atoms with Gasteiger partial charge in [-0.1, -0.05) is 0 Å². The molecular formula is C2H5NO2P2. The Morgan fingerprint density at radius 2 is 1.57 bits per heavy atom. The van der Waals surface area contributed by atoms with E-state index in [1.54, 1.807) is 0 Å². The van der Waals surface area contributed by atoms with E-state index in [4.69, 9.17) is 0 Å². The predicted octanol–water partition coefficient (Wildman–Crippen LogP) is 1.07. The first-order valence-corrected chi connectivity index (χ1v) is 3.70. The van der Waals surface area contributed by atoms with Crippen LogP contribution in [0.1, 0.15) is 0 Å². The maximum atomic E-state index is 9.61. The topological polar surface area (TPSA) is 46.2 Å². The third-order valence-electron chi connectivity index (χ3n) is 0.353. The quantitative estimate of drug-likeness (QED) is 0.465. The summed E-state index contributed by atoms with van der Waals surface area (Å²) in [5.41, 5.74) is 0. The van der Waals surface area contributed by atoms with Crippen molar-refractivity contribution in [1.29, 1.82) is 0 Å². The van der Waals surface area contributed by atoms with Gasteiger partial charge in [-0.2, -0.15) is 0 Å². The van der Waals surface area contributed by atoms with Crippen molar-refractivity contribution < 1.29 is 9.13 Å². The molecule has 0 spiro atoms. The molecule has 0 atom stereocenters. The first kappa shape index (κ1) is 7.16. The van der Waals surface area contributed by atoms with Crippen LogP contribution in [-0.4, -0.2) is 12.6 Å². The van der Waals surface area contributed by atoms with Crippen molar-refractivity contribution in [2.24, 2.45) is 0 Å². The highest BCUT2D eigenvalue weighted by Gasteiger charge is 1.78. The normalized spacial score (nSPS) is 10.3. The van der Waals surface area contributed by atoms with Gasteiger partial charge in [-0.3, -0.25) is 14.4 Å². The summed E-state index contributed by atoms with van der Waals surface area (Å²) in [5, 5.41) is 2.64. The molecule has 0 radical (unpaired) electrons. The van der Waals surface area contributed by atoms with E-state index in [0.29, 0.717) is 12.6 Å². The van der Waals surface area contributed by atoms with Crippen LogP contribution in [0.15, 0.2) is 0 Å². The Hall–Kier alpha value is 0.160. The standard InChI is InChI=1S/C2H5NO2P2/c4-6-1-3-2-7-5/h3H,1-2H2. The first-order valence-electron chi connectivity index (χ1n) is 1.70. The van der Waals surface area contributed by atoms with Gasteiger partial charge in [0.05, 0.1) is 12.6 Å². The van der Waals surface area contributed by atoms with E-state index in [0.717, 1.165) is 0 Å². The molecule has 3 nitrogen and oxygen atoms in total. The molecule has 0 saturated heterocycles. The first-order chi connectivity index (χ1) is 3.41. The fourth-order valence-electron chi connectivity index (χ4n) is 0.141. The summed E-state index contributed by atoms with van der Waals surface area (Å²) in [5.74, 6) is 0. The fraction of sp³-hybridized carbons (Fsp3) is 1.00. The second-order valence-electron chi connectivity index (χ2n) is 0.824. The number of nitrogens with one attached hydrogen (secondary N) is 1. The maximum absolute atomic E-state index is 9.61. The van der Waals surface area contributed by atoms with Crippen LogP contribution in [-0.2, 0) is 9.13 Å². The highest BCUT2D eigenvalue weighted by molar-refractivity contribution is 7.24. The lowest BCUT2D eigenvalue weighted by Crippen LogP contribution is -2.06. The molecule has 0 unspecified atom stereocenters. The van der Waals surface area contributed by atoms with E-state index in [2.05, 4.69) is 5.32 Å². The largest absolute Gasteiger partial charge is 0.296 e. The molecule has 0 fully saturated rings. The zero-order valence-electron chi connectivity index (χ0n) is 3.63. The van der Waals surface area contributed by atoms with Crippen LogP contribution in [0.4, 0.5) is 0 Å². The van der Waals surface area contributed by atoms with Gasteiger partial charge in [0.15, 0.2) is 16.9 Å². The van der Waals surface area contributed by atoms with Crippen molar-refractivity contribution in [3.8, 4) is 0 Å². The Balaban J connectivity index is 2.68. The predicted molar refractivity (Wildman–Crippen MR) is 28.1 cm³/mol. The summed E-state index contributed by atoms with van der Waals surface area (Å²) in [6.45, 7) is 0. The molecule has 0 amide bonds. The van der Waals surface area contributed by atoms with Gasteiger partial charge in [0, 0.05) is 0 Å². The van der Waals surface area contributed by atoms with Crippen molar-refractivity contribution in [2.75, 3.05) is 12.6 Å². The van der Waals surface area contributed by atoms with Crippen LogP contribution in [0.5, 0.6) is 0 Å². The summed E-state index contributed by atoms with van der Waals surface area (Å²) in [7, 11) is 0.100. The third kappa shape index (κ3) is 6.16. The molecule has 0 rings (SSSR count). The van der Waals surface area contributed by atoms with Gasteiger partial charge in [0.2, 0.25) is 0 Å². The smallest absolute Gasteiger partial charge is 0.170 e. The number of hydrogen-bond acceptors (Lipinski definition) is 3. The van der Waals surface area contributed by atoms with Gasteiger partial charge < -0.3 is 0 Å². The maximum Gasteiger partial charge on any atom is 0.170 e. The van der Waals surface area contributed by atoms with Gasteiger partial charge in [-0.05, 0) is 0 Å². The monoisotopic (exact) mass is 137 g/mol. The molecule has 7 heavy (non-hydrogen) atoms. The average Bonchev–Trinajstić information content (AvgIpc) is 1.69. The van der Waals surface area contributed by atoms with E-state index < -0.39 is 0 Å². The zero-order valence-corrected chi connectivity index (χ0v) is 5.41. The molecule has 0 aliphatic rings. The molecule has 0 saturated carbocycles. The van der Waals surface area contributed by atoms with Gasteiger partial charge in [-0.25, -0.2) is 0 Å². The minimum Gasteiger partial charge on any atom is -0.296 e. The van der Waals surface area contributed by atoms with Crippen LogP contribution in [0, 0.1) is 0 Å². The molecule has 0 bridgehead atoms. The molecule has 0 aromatic carbocycles. The summed E-state index contributed by atoms with van der Waals surface area (Å²) in [6, 6.07) is 0. The molecule has 0 aromatic rings. The second-order valence-corrected chi connectivity index (χ2v) is 1.97. The lowest BCUT2D eigenvalue weighted by atomic mass is 11.2. The highest BCUT2D eigenvalue weighted by atomic mass is 31.1. The summed E-state index contributed by atoms with van der Waals surface area (Å²) in [4.78, 5) is 0. The Morgan fingerprint density at radius 1 is 1.14 bits per heavy atom. The molecule has 1 N–H and O–H groups in total. The Morgan fingerprint density at radius 3 is 1.86 bits per heavy atom.